The second kappa shape index (κ2) is 6.73. The van der Waals surface area contributed by atoms with Gasteiger partial charge in [0, 0.05) is 45.5 Å². The molecular weight excluding hydrogens is 282 g/mol. The summed E-state index contributed by atoms with van der Waals surface area (Å²) in [7, 11) is 0. The lowest BCUT2D eigenvalue weighted by Crippen LogP contribution is -2.55. The van der Waals surface area contributed by atoms with E-state index in [4.69, 9.17) is 10.00 Å². The SMILES string of the molecule is N#Cc1ccc(N2CCN(C(=O)C3CNCCO3)CC2)nc1. The third-order valence-corrected chi connectivity index (χ3v) is 4.00. The average molecular weight is 301 g/mol. The van der Waals surface area contributed by atoms with Crippen LogP contribution in [-0.2, 0) is 9.53 Å². The van der Waals surface area contributed by atoms with Crippen LogP contribution in [0.3, 0.4) is 0 Å². The van der Waals surface area contributed by atoms with Crippen LogP contribution in [0.2, 0.25) is 0 Å². The smallest absolute Gasteiger partial charge is 0.253 e. The lowest BCUT2D eigenvalue weighted by atomic mass is 10.2. The molecule has 0 bridgehead atoms. The van der Waals surface area contributed by atoms with Crippen LogP contribution in [0.5, 0.6) is 0 Å². The second-order valence-electron chi connectivity index (χ2n) is 5.39. The number of aromatic nitrogens is 1. The van der Waals surface area contributed by atoms with Crippen molar-refractivity contribution in [2.45, 2.75) is 6.10 Å². The van der Waals surface area contributed by atoms with Crippen molar-refractivity contribution in [2.24, 2.45) is 0 Å². The van der Waals surface area contributed by atoms with E-state index in [2.05, 4.69) is 21.3 Å². The van der Waals surface area contributed by atoms with Crippen molar-refractivity contribution in [2.75, 3.05) is 50.8 Å². The molecule has 116 valence electrons. The fraction of sp³-hybridized carbons (Fsp3) is 0.533. The first-order valence-electron chi connectivity index (χ1n) is 7.50. The van der Waals surface area contributed by atoms with E-state index in [1.165, 1.54) is 0 Å². The molecule has 2 aliphatic heterocycles. The highest BCUT2D eigenvalue weighted by molar-refractivity contribution is 5.81. The summed E-state index contributed by atoms with van der Waals surface area (Å²) in [5.41, 5.74) is 0.555. The van der Waals surface area contributed by atoms with Crippen molar-refractivity contribution >= 4 is 11.7 Å². The molecule has 1 amide bonds. The zero-order valence-corrected chi connectivity index (χ0v) is 12.4. The zero-order chi connectivity index (χ0) is 15.4. The number of carbonyl (C=O) groups excluding carboxylic acids is 1. The summed E-state index contributed by atoms with van der Waals surface area (Å²) < 4.78 is 5.52. The second-order valence-corrected chi connectivity index (χ2v) is 5.39. The molecule has 1 atom stereocenters. The number of amides is 1. The molecule has 0 saturated carbocycles. The monoisotopic (exact) mass is 301 g/mol. The number of morpholine rings is 1. The van der Waals surface area contributed by atoms with E-state index < -0.39 is 0 Å². The molecular formula is C15H19N5O2. The summed E-state index contributed by atoms with van der Waals surface area (Å²) in [6, 6.07) is 5.68. The molecule has 2 fully saturated rings. The summed E-state index contributed by atoms with van der Waals surface area (Å²) in [5.74, 6) is 0.918. The molecule has 0 aromatic carbocycles. The van der Waals surface area contributed by atoms with Crippen LogP contribution < -0.4 is 10.2 Å². The highest BCUT2D eigenvalue weighted by Gasteiger charge is 2.29. The summed E-state index contributed by atoms with van der Waals surface area (Å²) in [6.45, 7) is 4.81. The number of hydrogen-bond acceptors (Lipinski definition) is 6. The molecule has 2 aliphatic rings. The van der Waals surface area contributed by atoms with Gasteiger partial charge < -0.3 is 19.9 Å². The number of ether oxygens (including phenoxy) is 1. The van der Waals surface area contributed by atoms with Gasteiger partial charge in [-0.3, -0.25) is 4.79 Å². The molecule has 1 N–H and O–H groups in total. The van der Waals surface area contributed by atoms with Crippen molar-refractivity contribution in [1.82, 2.24) is 15.2 Å². The minimum absolute atomic E-state index is 0.0691. The standard InChI is InChI=1S/C15H19N5O2/c16-9-12-1-2-14(18-10-12)19-4-6-20(7-5-19)15(21)13-11-17-3-8-22-13/h1-2,10,13,17H,3-8,11H2. The van der Waals surface area contributed by atoms with Gasteiger partial charge in [0.1, 0.15) is 18.0 Å². The lowest BCUT2D eigenvalue weighted by molar-refractivity contribution is -0.145. The maximum Gasteiger partial charge on any atom is 0.253 e. The molecule has 1 unspecified atom stereocenters. The maximum atomic E-state index is 12.4. The van der Waals surface area contributed by atoms with Crippen molar-refractivity contribution in [3.05, 3.63) is 23.9 Å². The van der Waals surface area contributed by atoms with Crippen molar-refractivity contribution < 1.29 is 9.53 Å². The largest absolute Gasteiger partial charge is 0.366 e. The summed E-state index contributed by atoms with van der Waals surface area (Å²) >= 11 is 0. The zero-order valence-electron chi connectivity index (χ0n) is 12.4. The van der Waals surface area contributed by atoms with Gasteiger partial charge in [-0.2, -0.15) is 5.26 Å². The number of pyridine rings is 1. The predicted molar refractivity (Wildman–Crippen MR) is 80.4 cm³/mol. The van der Waals surface area contributed by atoms with E-state index in [0.717, 1.165) is 25.5 Å². The van der Waals surface area contributed by atoms with Crippen LogP contribution in [0.4, 0.5) is 5.82 Å². The van der Waals surface area contributed by atoms with Gasteiger partial charge in [-0.25, -0.2) is 4.98 Å². The molecule has 0 spiro atoms. The van der Waals surface area contributed by atoms with Gasteiger partial charge in [0.25, 0.3) is 5.91 Å². The Morgan fingerprint density at radius 3 is 2.77 bits per heavy atom. The molecule has 2 saturated heterocycles. The van der Waals surface area contributed by atoms with Crippen LogP contribution in [0.1, 0.15) is 5.56 Å². The van der Waals surface area contributed by atoms with Crippen LogP contribution in [0.15, 0.2) is 18.3 Å². The molecule has 0 aliphatic carbocycles. The van der Waals surface area contributed by atoms with Gasteiger partial charge in [-0.05, 0) is 12.1 Å². The molecule has 1 aromatic rings. The quantitative estimate of drug-likeness (QED) is 0.800. The molecule has 22 heavy (non-hydrogen) atoms. The Morgan fingerprint density at radius 1 is 1.36 bits per heavy atom. The van der Waals surface area contributed by atoms with Crippen molar-refractivity contribution in [1.29, 1.82) is 5.26 Å². The molecule has 7 heteroatoms. The van der Waals surface area contributed by atoms with Crippen molar-refractivity contribution in [3.8, 4) is 6.07 Å². The first-order chi connectivity index (χ1) is 10.8. The van der Waals surface area contributed by atoms with Gasteiger partial charge in [-0.1, -0.05) is 0 Å². The predicted octanol–water partition coefficient (Wildman–Crippen LogP) is -0.410. The van der Waals surface area contributed by atoms with E-state index in [1.54, 1.807) is 12.3 Å². The minimum atomic E-state index is -0.353. The van der Waals surface area contributed by atoms with E-state index in [1.807, 2.05) is 11.0 Å². The number of nitrogens with one attached hydrogen (secondary N) is 1. The molecule has 0 radical (unpaired) electrons. The topological polar surface area (TPSA) is 81.5 Å². The third kappa shape index (κ3) is 3.18. The Balaban J connectivity index is 1.55. The highest BCUT2D eigenvalue weighted by atomic mass is 16.5. The Kier molecular flexibility index (Phi) is 4.51. The van der Waals surface area contributed by atoms with Gasteiger partial charge >= 0.3 is 0 Å². The minimum Gasteiger partial charge on any atom is -0.366 e. The van der Waals surface area contributed by atoms with Gasteiger partial charge in [0.15, 0.2) is 0 Å². The first-order valence-corrected chi connectivity index (χ1v) is 7.50. The molecule has 3 rings (SSSR count). The summed E-state index contributed by atoms with van der Waals surface area (Å²) in [4.78, 5) is 20.7. The van der Waals surface area contributed by atoms with E-state index in [0.29, 0.717) is 31.8 Å². The van der Waals surface area contributed by atoms with Crippen LogP contribution in [0, 0.1) is 11.3 Å². The van der Waals surface area contributed by atoms with Gasteiger partial charge in [0.05, 0.1) is 12.2 Å². The van der Waals surface area contributed by atoms with Crippen molar-refractivity contribution in [3.63, 3.8) is 0 Å². The summed E-state index contributed by atoms with van der Waals surface area (Å²) in [6.07, 6.45) is 1.22. The van der Waals surface area contributed by atoms with Crippen LogP contribution >= 0.6 is 0 Å². The fourth-order valence-corrected chi connectivity index (χ4v) is 2.72. The van der Waals surface area contributed by atoms with E-state index >= 15 is 0 Å². The van der Waals surface area contributed by atoms with Gasteiger partial charge in [0.2, 0.25) is 0 Å². The van der Waals surface area contributed by atoms with Crippen LogP contribution in [-0.4, -0.2) is 67.8 Å². The highest BCUT2D eigenvalue weighted by Crippen LogP contribution is 2.15. The normalized spacial score (nSPS) is 22.2. The number of anilines is 1. The first kappa shape index (κ1) is 14.8. The number of piperazine rings is 1. The number of hydrogen-bond donors (Lipinski definition) is 1. The third-order valence-electron chi connectivity index (χ3n) is 4.00. The maximum absolute atomic E-state index is 12.4. The number of carbonyl (C=O) groups is 1. The molecule has 7 nitrogen and oxygen atoms in total. The summed E-state index contributed by atoms with van der Waals surface area (Å²) in [5, 5.41) is 12.0. The lowest BCUT2D eigenvalue weighted by Gasteiger charge is -2.37. The van der Waals surface area contributed by atoms with Gasteiger partial charge in [-0.15, -0.1) is 0 Å². The fourth-order valence-electron chi connectivity index (χ4n) is 2.72. The number of nitrogens with zero attached hydrogens (tertiary/aromatic N) is 4. The molecule has 3 heterocycles. The van der Waals surface area contributed by atoms with E-state index in [-0.39, 0.29) is 12.0 Å². The van der Waals surface area contributed by atoms with E-state index in [9.17, 15) is 4.79 Å². The molecule has 1 aromatic heterocycles. The Labute approximate surface area is 129 Å². The van der Waals surface area contributed by atoms with Crippen LogP contribution in [0.25, 0.3) is 0 Å². The number of nitriles is 1. The Morgan fingerprint density at radius 2 is 2.18 bits per heavy atom. The Hall–Kier alpha value is -2.17. The Bertz CT molecular complexity index is 554. The number of rotatable bonds is 2. The average Bonchev–Trinajstić information content (AvgIpc) is 2.62.